The SMILES string of the molecule is CCCCN(CC)S(=O)(=O)c1cccnc1NN. The molecule has 0 aliphatic carbocycles. The van der Waals surface area contributed by atoms with Gasteiger partial charge in [-0.15, -0.1) is 0 Å². The molecule has 1 heterocycles. The molecule has 0 saturated heterocycles. The van der Waals surface area contributed by atoms with Gasteiger partial charge in [-0.25, -0.2) is 19.2 Å². The van der Waals surface area contributed by atoms with Crippen LogP contribution in [0.25, 0.3) is 0 Å². The highest BCUT2D eigenvalue weighted by Crippen LogP contribution is 2.21. The van der Waals surface area contributed by atoms with Gasteiger partial charge in [0.2, 0.25) is 10.0 Å². The lowest BCUT2D eigenvalue weighted by atomic mass is 10.3. The summed E-state index contributed by atoms with van der Waals surface area (Å²) in [4.78, 5) is 4.03. The Kier molecular flexibility index (Phi) is 5.52. The number of sulfonamides is 1. The van der Waals surface area contributed by atoms with Gasteiger partial charge in [0.25, 0.3) is 0 Å². The number of hydrogen-bond donors (Lipinski definition) is 2. The molecule has 0 unspecified atom stereocenters. The van der Waals surface area contributed by atoms with Crippen molar-refractivity contribution in [2.45, 2.75) is 31.6 Å². The Bertz CT molecular complexity index is 476. The number of nitrogen functional groups attached to an aromatic ring is 1. The summed E-state index contributed by atoms with van der Waals surface area (Å²) >= 11 is 0. The number of hydrogen-bond acceptors (Lipinski definition) is 5. The van der Waals surface area contributed by atoms with E-state index in [0.29, 0.717) is 13.1 Å². The Morgan fingerprint density at radius 1 is 1.44 bits per heavy atom. The van der Waals surface area contributed by atoms with E-state index in [2.05, 4.69) is 10.4 Å². The minimum absolute atomic E-state index is 0.116. The van der Waals surface area contributed by atoms with Gasteiger partial charge in [-0.05, 0) is 18.6 Å². The van der Waals surface area contributed by atoms with Crippen molar-refractivity contribution in [3.8, 4) is 0 Å². The molecule has 18 heavy (non-hydrogen) atoms. The van der Waals surface area contributed by atoms with Gasteiger partial charge in [0.05, 0.1) is 0 Å². The maximum Gasteiger partial charge on any atom is 0.246 e. The molecule has 0 amide bonds. The van der Waals surface area contributed by atoms with Crippen molar-refractivity contribution in [1.29, 1.82) is 0 Å². The maximum absolute atomic E-state index is 12.4. The van der Waals surface area contributed by atoms with Crippen molar-refractivity contribution < 1.29 is 8.42 Å². The number of nitrogens with zero attached hydrogens (tertiary/aromatic N) is 2. The Hall–Kier alpha value is -1.18. The fraction of sp³-hybridized carbons (Fsp3) is 0.545. The van der Waals surface area contributed by atoms with Crippen molar-refractivity contribution in [3.05, 3.63) is 18.3 Å². The van der Waals surface area contributed by atoms with Crippen molar-refractivity contribution in [3.63, 3.8) is 0 Å². The number of nitrogens with two attached hydrogens (primary N) is 1. The second-order valence-electron chi connectivity index (χ2n) is 3.84. The first kappa shape index (κ1) is 14.9. The van der Waals surface area contributed by atoms with Crippen molar-refractivity contribution in [2.75, 3.05) is 18.5 Å². The summed E-state index contributed by atoms with van der Waals surface area (Å²) in [5, 5.41) is 0. The van der Waals surface area contributed by atoms with Crippen molar-refractivity contribution in [1.82, 2.24) is 9.29 Å². The highest BCUT2D eigenvalue weighted by molar-refractivity contribution is 7.89. The summed E-state index contributed by atoms with van der Waals surface area (Å²) in [5.41, 5.74) is 2.32. The van der Waals surface area contributed by atoms with Gasteiger partial charge >= 0.3 is 0 Å². The highest BCUT2D eigenvalue weighted by atomic mass is 32.2. The molecule has 0 bridgehead atoms. The smallest absolute Gasteiger partial charge is 0.246 e. The van der Waals surface area contributed by atoms with E-state index in [1.165, 1.54) is 16.6 Å². The fourth-order valence-electron chi connectivity index (χ4n) is 1.63. The van der Waals surface area contributed by atoms with E-state index in [1.54, 1.807) is 6.07 Å². The standard InChI is InChI=1S/C11H20N4O2S/c1-3-5-9-15(4-2)18(16,17)10-7-6-8-13-11(10)14-12/h6-8H,3-5,9,12H2,1-2H3,(H,13,14). The van der Waals surface area contributed by atoms with Crippen molar-refractivity contribution >= 4 is 15.8 Å². The topological polar surface area (TPSA) is 88.3 Å². The van der Waals surface area contributed by atoms with Crippen LogP contribution in [0.4, 0.5) is 5.82 Å². The molecular formula is C11H20N4O2S. The van der Waals surface area contributed by atoms with Crippen LogP contribution in [0.2, 0.25) is 0 Å². The van der Waals surface area contributed by atoms with Crippen LogP contribution in [0.3, 0.4) is 0 Å². The zero-order valence-corrected chi connectivity index (χ0v) is 11.6. The molecule has 0 spiro atoms. The van der Waals surface area contributed by atoms with Gasteiger partial charge in [0.1, 0.15) is 4.90 Å². The molecule has 7 heteroatoms. The van der Waals surface area contributed by atoms with Crippen LogP contribution in [0.5, 0.6) is 0 Å². The first-order chi connectivity index (χ1) is 8.57. The van der Waals surface area contributed by atoms with Crippen LogP contribution in [0.1, 0.15) is 26.7 Å². The molecule has 0 fully saturated rings. The van der Waals surface area contributed by atoms with E-state index in [1.807, 2.05) is 13.8 Å². The lowest BCUT2D eigenvalue weighted by molar-refractivity contribution is 0.419. The molecule has 0 saturated carbocycles. The van der Waals surface area contributed by atoms with Crippen LogP contribution in [-0.2, 0) is 10.0 Å². The quantitative estimate of drug-likeness (QED) is 0.575. The first-order valence-corrected chi connectivity index (χ1v) is 7.43. The van der Waals surface area contributed by atoms with Crippen LogP contribution < -0.4 is 11.3 Å². The summed E-state index contributed by atoms with van der Waals surface area (Å²) in [6.45, 7) is 4.78. The van der Waals surface area contributed by atoms with Crippen molar-refractivity contribution in [2.24, 2.45) is 5.84 Å². The summed E-state index contributed by atoms with van der Waals surface area (Å²) in [6, 6.07) is 3.09. The average molecular weight is 272 g/mol. The number of hydrazine groups is 1. The van der Waals surface area contributed by atoms with E-state index in [0.717, 1.165) is 12.8 Å². The third kappa shape index (κ3) is 3.18. The molecule has 0 radical (unpaired) electrons. The predicted octanol–water partition coefficient (Wildman–Crippen LogP) is 1.18. The number of anilines is 1. The second kappa shape index (κ2) is 6.67. The van der Waals surface area contributed by atoms with Crippen LogP contribution in [0.15, 0.2) is 23.2 Å². The molecule has 0 aliphatic rings. The van der Waals surface area contributed by atoms with Gasteiger partial charge in [0, 0.05) is 19.3 Å². The maximum atomic E-state index is 12.4. The zero-order chi connectivity index (χ0) is 13.6. The predicted molar refractivity (Wildman–Crippen MR) is 71.4 cm³/mol. The van der Waals surface area contributed by atoms with E-state index < -0.39 is 10.0 Å². The van der Waals surface area contributed by atoms with Gasteiger partial charge in [0.15, 0.2) is 5.82 Å². The summed E-state index contributed by atoms with van der Waals surface area (Å²) in [5.74, 6) is 5.47. The minimum atomic E-state index is -3.54. The van der Waals surface area contributed by atoms with Crippen LogP contribution in [-0.4, -0.2) is 30.8 Å². The number of pyridine rings is 1. The molecule has 0 atom stereocenters. The van der Waals surface area contributed by atoms with Crippen LogP contribution in [0, 0.1) is 0 Å². The van der Waals surface area contributed by atoms with Gasteiger partial charge in [-0.2, -0.15) is 4.31 Å². The lowest BCUT2D eigenvalue weighted by Gasteiger charge is -2.21. The molecule has 0 aliphatic heterocycles. The number of nitrogens with one attached hydrogen (secondary N) is 1. The Labute approximate surface area is 108 Å². The summed E-state index contributed by atoms with van der Waals surface area (Å²) in [7, 11) is -3.54. The van der Waals surface area contributed by atoms with E-state index >= 15 is 0 Å². The largest absolute Gasteiger partial charge is 0.307 e. The Morgan fingerprint density at radius 3 is 2.72 bits per heavy atom. The average Bonchev–Trinajstić information content (AvgIpc) is 2.39. The Balaban J connectivity index is 3.10. The monoisotopic (exact) mass is 272 g/mol. The molecule has 6 nitrogen and oxygen atoms in total. The highest BCUT2D eigenvalue weighted by Gasteiger charge is 2.25. The van der Waals surface area contributed by atoms with E-state index in [4.69, 9.17) is 5.84 Å². The molecule has 1 rings (SSSR count). The third-order valence-electron chi connectivity index (χ3n) is 2.64. The number of rotatable bonds is 7. The third-order valence-corrected chi connectivity index (χ3v) is 4.64. The van der Waals surface area contributed by atoms with Gasteiger partial charge in [-0.1, -0.05) is 20.3 Å². The Morgan fingerprint density at radius 2 is 2.17 bits per heavy atom. The number of aromatic nitrogens is 1. The first-order valence-electron chi connectivity index (χ1n) is 5.99. The molecule has 3 N–H and O–H groups in total. The molecule has 102 valence electrons. The van der Waals surface area contributed by atoms with Crippen LogP contribution >= 0.6 is 0 Å². The molecular weight excluding hydrogens is 252 g/mol. The zero-order valence-electron chi connectivity index (χ0n) is 10.8. The van der Waals surface area contributed by atoms with Gasteiger partial charge in [-0.3, -0.25) is 0 Å². The number of unbranched alkanes of at least 4 members (excludes halogenated alkanes) is 1. The molecule has 1 aromatic rings. The summed E-state index contributed by atoms with van der Waals surface area (Å²) < 4.78 is 26.3. The van der Waals surface area contributed by atoms with E-state index in [-0.39, 0.29) is 10.7 Å². The minimum Gasteiger partial charge on any atom is -0.307 e. The molecule has 0 aromatic carbocycles. The lowest BCUT2D eigenvalue weighted by Crippen LogP contribution is -2.32. The second-order valence-corrected chi connectivity index (χ2v) is 5.75. The fourth-order valence-corrected chi connectivity index (χ4v) is 3.22. The summed E-state index contributed by atoms with van der Waals surface area (Å²) in [6.07, 6.45) is 3.27. The normalized spacial score (nSPS) is 11.8. The molecule has 1 aromatic heterocycles. The van der Waals surface area contributed by atoms with Gasteiger partial charge < -0.3 is 5.43 Å². The van der Waals surface area contributed by atoms with E-state index in [9.17, 15) is 8.42 Å².